The number of phenols is 1. The first kappa shape index (κ1) is 12.5. The lowest BCUT2D eigenvalue weighted by Gasteiger charge is -2.09. The van der Waals surface area contributed by atoms with E-state index in [0.29, 0.717) is 5.75 Å². The van der Waals surface area contributed by atoms with Gasteiger partial charge in [-0.3, -0.25) is 0 Å². The van der Waals surface area contributed by atoms with E-state index in [1.165, 1.54) is 5.56 Å². The third-order valence-electron chi connectivity index (χ3n) is 3.52. The van der Waals surface area contributed by atoms with Gasteiger partial charge >= 0.3 is 0 Å². The van der Waals surface area contributed by atoms with Crippen molar-refractivity contribution in [1.29, 1.82) is 0 Å². The van der Waals surface area contributed by atoms with Gasteiger partial charge in [0.05, 0.1) is 7.11 Å². The second-order valence-electron chi connectivity index (χ2n) is 4.82. The van der Waals surface area contributed by atoms with E-state index in [2.05, 4.69) is 12.1 Å². The highest BCUT2D eigenvalue weighted by atomic mass is 16.5. The van der Waals surface area contributed by atoms with Crippen LogP contribution in [0.3, 0.4) is 0 Å². The largest absolute Gasteiger partial charge is 0.507 e. The molecule has 0 atom stereocenters. The SMILES string of the molecule is COc1ccc2c(O)c(Cc3ccccc3)ccc2c1. The van der Waals surface area contributed by atoms with Gasteiger partial charge in [-0.2, -0.15) is 0 Å². The van der Waals surface area contributed by atoms with Crippen LogP contribution in [0.4, 0.5) is 0 Å². The fraction of sp³-hybridized carbons (Fsp3) is 0.111. The summed E-state index contributed by atoms with van der Waals surface area (Å²) >= 11 is 0. The van der Waals surface area contributed by atoms with Crippen LogP contribution >= 0.6 is 0 Å². The van der Waals surface area contributed by atoms with Gasteiger partial charge in [-0.25, -0.2) is 0 Å². The molecule has 0 saturated heterocycles. The van der Waals surface area contributed by atoms with E-state index >= 15 is 0 Å². The van der Waals surface area contributed by atoms with Crippen LogP contribution in [0.25, 0.3) is 10.8 Å². The molecule has 0 heterocycles. The minimum absolute atomic E-state index is 0.356. The molecular formula is C18H16O2. The van der Waals surface area contributed by atoms with Crippen molar-refractivity contribution in [3.05, 3.63) is 71.8 Å². The summed E-state index contributed by atoms with van der Waals surface area (Å²) in [4.78, 5) is 0. The van der Waals surface area contributed by atoms with E-state index in [4.69, 9.17) is 4.74 Å². The zero-order chi connectivity index (χ0) is 13.9. The number of aromatic hydroxyl groups is 1. The van der Waals surface area contributed by atoms with Crippen molar-refractivity contribution in [2.75, 3.05) is 7.11 Å². The Morgan fingerprint density at radius 1 is 0.950 bits per heavy atom. The van der Waals surface area contributed by atoms with E-state index < -0.39 is 0 Å². The molecule has 3 aromatic rings. The molecule has 0 aliphatic rings. The lowest BCUT2D eigenvalue weighted by atomic mass is 9.99. The van der Waals surface area contributed by atoms with Crippen molar-refractivity contribution in [3.63, 3.8) is 0 Å². The summed E-state index contributed by atoms with van der Waals surface area (Å²) in [5, 5.41) is 12.3. The van der Waals surface area contributed by atoms with Gasteiger partial charge in [0, 0.05) is 11.8 Å². The fourth-order valence-corrected chi connectivity index (χ4v) is 2.42. The van der Waals surface area contributed by atoms with Crippen LogP contribution < -0.4 is 4.74 Å². The predicted octanol–water partition coefficient (Wildman–Crippen LogP) is 4.14. The maximum atomic E-state index is 10.4. The van der Waals surface area contributed by atoms with Crippen LogP contribution in [0.1, 0.15) is 11.1 Å². The molecule has 2 nitrogen and oxygen atoms in total. The number of phenolic OH excluding ortho intramolecular Hbond substituents is 1. The van der Waals surface area contributed by atoms with Crippen molar-refractivity contribution in [2.24, 2.45) is 0 Å². The highest BCUT2D eigenvalue weighted by Gasteiger charge is 2.08. The lowest BCUT2D eigenvalue weighted by Crippen LogP contribution is -1.90. The molecule has 20 heavy (non-hydrogen) atoms. The minimum atomic E-state index is 0.356. The van der Waals surface area contributed by atoms with Crippen LogP contribution in [0.5, 0.6) is 11.5 Å². The number of hydrogen-bond donors (Lipinski definition) is 1. The second kappa shape index (κ2) is 5.25. The van der Waals surface area contributed by atoms with Gasteiger partial charge in [0.25, 0.3) is 0 Å². The van der Waals surface area contributed by atoms with E-state index in [0.717, 1.165) is 28.5 Å². The van der Waals surface area contributed by atoms with E-state index in [1.807, 2.05) is 48.5 Å². The second-order valence-corrected chi connectivity index (χ2v) is 4.82. The van der Waals surface area contributed by atoms with Gasteiger partial charge in [-0.1, -0.05) is 42.5 Å². The standard InChI is InChI=1S/C18H16O2/c1-20-16-9-10-17-14(12-16)7-8-15(18(17)19)11-13-5-3-2-4-6-13/h2-10,12,19H,11H2,1H3. The van der Waals surface area contributed by atoms with Gasteiger partial charge in [0.15, 0.2) is 0 Å². The van der Waals surface area contributed by atoms with Crippen molar-refractivity contribution < 1.29 is 9.84 Å². The monoisotopic (exact) mass is 264 g/mol. The summed E-state index contributed by atoms with van der Waals surface area (Å²) in [6.07, 6.45) is 0.731. The molecule has 0 fully saturated rings. The number of benzene rings is 3. The molecular weight excluding hydrogens is 248 g/mol. The molecule has 0 spiro atoms. The molecule has 0 aliphatic heterocycles. The normalized spacial score (nSPS) is 10.7. The van der Waals surface area contributed by atoms with Crippen LogP contribution in [-0.2, 0) is 6.42 Å². The number of ether oxygens (including phenoxy) is 1. The van der Waals surface area contributed by atoms with Gasteiger partial charge in [0.2, 0.25) is 0 Å². The van der Waals surface area contributed by atoms with E-state index in [-0.39, 0.29) is 0 Å². The first-order valence-corrected chi connectivity index (χ1v) is 6.60. The molecule has 2 heteroatoms. The molecule has 100 valence electrons. The average molecular weight is 264 g/mol. The Bertz CT molecular complexity index is 733. The average Bonchev–Trinajstić information content (AvgIpc) is 2.51. The van der Waals surface area contributed by atoms with Gasteiger partial charge < -0.3 is 9.84 Å². The van der Waals surface area contributed by atoms with Crippen LogP contribution in [0.2, 0.25) is 0 Å². The molecule has 0 aromatic heterocycles. The maximum Gasteiger partial charge on any atom is 0.126 e. The Morgan fingerprint density at radius 3 is 2.50 bits per heavy atom. The first-order valence-electron chi connectivity index (χ1n) is 6.60. The molecule has 3 aromatic carbocycles. The van der Waals surface area contributed by atoms with Crippen molar-refractivity contribution in [2.45, 2.75) is 6.42 Å². The van der Waals surface area contributed by atoms with Gasteiger partial charge in [-0.05, 0) is 34.7 Å². The smallest absolute Gasteiger partial charge is 0.126 e. The summed E-state index contributed by atoms with van der Waals surface area (Å²) < 4.78 is 5.21. The van der Waals surface area contributed by atoms with Crippen molar-refractivity contribution >= 4 is 10.8 Å². The van der Waals surface area contributed by atoms with Crippen LogP contribution in [0.15, 0.2) is 60.7 Å². The van der Waals surface area contributed by atoms with E-state index in [1.54, 1.807) is 7.11 Å². The zero-order valence-corrected chi connectivity index (χ0v) is 11.3. The Kier molecular flexibility index (Phi) is 3.30. The lowest BCUT2D eigenvalue weighted by molar-refractivity contribution is 0.415. The number of hydrogen-bond acceptors (Lipinski definition) is 2. The van der Waals surface area contributed by atoms with Crippen LogP contribution in [-0.4, -0.2) is 12.2 Å². The quantitative estimate of drug-likeness (QED) is 0.770. The first-order chi connectivity index (χ1) is 9.78. The third-order valence-corrected chi connectivity index (χ3v) is 3.52. The van der Waals surface area contributed by atoms with Gasteiger partial charge in [-0.15, -0.1) is 0 Å². The Balaban J connectivity index is 2.03. The number of methoxy groups -OCH3 is 1. The molecule has 3 rings (SSSR count). The zero-order valence-electron chi connectivity index (χ0n) is 11.3. The summed E-state index contributed by atoms with van der Waals surface area (Å²) in [6, 6.07) is 19.9. The Labute approximate surface area is 118 Å². The minimum Gasteiger partial charge on any atom is -0.507 e. The summed E-state index contributed by atoms with van der Waals surface area (Å²) in [5.41, 5.74) is 2.13. The summed E-state index contributed by atoms with van der Waals surface area (Å²) in [7, 11) is 1.64. The molecule has 0 unspecified atom stereocenters. The molecule has 1 N–H and O–H groups in total. The highest BCUT2D eigenvalue weighted by Crippen LogP contribution is 2.32. The molecule has 0 saturated carbocycles. The van der Waals surface area contributed by atoms with Crippen molar-refractivity contribution in [1.82, 2.24) is 0 Å². The molecule has 0 amide bonds. The van der Waals surface area contributed by atoms with Gasteiger partial charge in [0.1, 0.15) is 11.5 Å². The topological polar surface area (TPSA) is 29.5 Å². The fourth-order valence-electron chi connectivity index (χ4n) is 2.42. The number of rotatable bonds is 3. The summed E-state index contributed by atoms with van der Waals surface area (Å²) in [6.45, 7) is 0. The van der Waals surface area contributed by atoms with Crippen molar-refractivity contribution in [3.8, 4) is 11.5 Å². The summed E-state index contributed by atoms with van der Waals surface area (Å²) in [5.74, 6) is 1.15. The highest BCUT2D eigenvalue weighted by molar-refractivity contribution is 5.90. The Hall–Kier alpha value is -2.48. The predicted molar refractivity (Wildman–Crippen MR) is 81.4 cm³/mol. The third kappa shape index (κ3) is 2.32. The van der Waals surface area contributed by atoms with Crippen LogP contribution in [0, 0.1) is 0 Å². The Morgan fingerprint density at radius 2 is 1.75 bits per heavy atom. The molecule has 0 aliphatic carbocycles. The molecule has 0 bridgehead atoms. The molecule has 0 radical (unpaired) electrons. The number of fused-ring (bicyclic) bond motifs is 1. The van der Waals surface area contributed by atoms with E-state index in [9.17, 15) is 5.11 Å². The maximum absolute atomic E-state index is 10.4.